The number of H-pyrrole nitrogens is 1. The molecule has 3 N–H and O–H groups in total. The van der Waals surface area contributed by atoms with Crippen LogP contribution in [0.3, 0.4) is 0 Å². The molecule has 9 nitrogen and oxygen atoms in total. The first kappa shape index (κ1) is 21.2. The van der Waals surface area contributed by atoms with Crippen LogP contribution in [-0.2, 0) is 4.74 Å². The number of carbonyl (C=O) groups excluding carboxylic acids is 1. The van der Waals surface area contributed by atoms with Crippen molar-refractivity contribution in [2.45, 2.75) is 0 Å². The third-order valence-electron chi connectivity index (χ3n) is 5.82. The monoisotopic (exact) mass is 446 g/mol. The van der Waals surface area contributed by atoms with Gasteiger partial charge in [-0.05, 0) is 42.5 Å². The minimum Gasteiger partial charge on any atom is -0.497 e. The summed E-state index contributed by atoms with van der Waals surface area (Å²) in [7, 11) is 1.64. The van der Waals surface area contributed by atoms with Gasteiger partial charge in [-0.15, -0.1) is 0 Å². The van der Waals surface area contributed by atoms with Crippen molar-refractivity contribution >= 4 is 39.3 Å². The molecule has 2 aromatic carbocycles. The fourth-order valence-electron chi connectivity index (χ4n) is 4.02. The highest BCUT2D eigenvalue weighted by molar-refractivity contribution is 6.13. The van der Waals surface area contributed by atoms with Crippen LogP contribution in [0.25, 0.3) is 21.9 Å². The number of ether oxygens (including phenoxy) is 2. The predicted octanol–water partition coefficient (Wildman–Crippen LogP) is 2.93. The third-order valence-corrected chi connectivity index (χ3v) is 5.82. The van der Waals surface area contributed by atoms with Gasteiger partial charge in [0.15, 0.2) is 0 Å². The molecule has 0 spiro atoms. The molecule has 0 unspecified atom stereocenters. The Kier molecular flexibility index (Phi) is 6.05. The van der Waals surface area contributed by atoms with Crippen LogP contribution in [0.4, 0.5) is 11.5 Å². The number of benzene rings is 2. The van der Waals surface area contributed by atoms with Gasteiger partial charge in [-0.1, -0.05) is 0 Å². The minimum atomic E-state index is -0.0963. The average Bonchev–Trinajstić information content (AvgIpc) is 3.24. The van der Waals surface area contributed by atoms with Crippen LogP contribution in [0.1, 0.15) is 10.4 Å². The van der Waals surface area contributed by atoms with Crippen molar-refractivity contribution < 1.29 is 14.3 Å². The van der Waals surface area contributed by atoms with E-state index in [-0.39, 0.29) is 5.91 Å². The van der Waals surface area contributed by atoms with E-state index in [2.05, 4.69) is 30.5 Å². The van der Waals surface area contributed by atoms with Crippen LogP contribution in [0.2, 0.25) is 0 Å². The lowest BCUT2D eigenvalue weighted by Gasteiger charge is -2.26. The van der Waals surface area contributed by atoms with E-state index in [0.717, 1.165) is 60.6 Å². The van der Waals surface area contributed by atoms with Crippen molar-refractivity contribution in [1.82, 2.24) is 25.2 Å². The Morgan fingerprint density at radius 3 is 2.76 bits per heavy atom. The Hall–Kier alpha value is -3.69. The summed E-state index contributed by atoms with van der Waals surface area (Å²) in [6, 6.07) is 13.2. The summed E-state index contributed by atoms with van der Waals surface area (Å²) in [6.07, 6.45) is 1.52. The van der Waals surface area contributed by atoms with Gasteiger partial charge in [-0.3, -0.25) is 9.69 Å². The van der Waals surface area contributed by atoms with Gasteiger partial charge in [0.2, 0.25) is 0 Å². The highest BCUT2D eigenvalue weighted by Crippen LogP contribution is 2.31. The molecule has 170 valence electrons. The highest BCUT2D eigenvalue weighted by Gasteiger charge is 2.15. The van der Waals surface area contributed by atoms with Crippen molar-refractivity contribution in [1.29, 1.82) is 0 Å². The van der Waals surface area contributed by atoms with Crippen molar-refractivity contribution in [3.8, 4) is 5.75 Å². The van der Waals surface area contributed by atoms with Gasteiger partial charge < -0.3 is 25.1 Å². The first-order chi connectivity index (χ1) is 16.2. The molecule has 3 heterocycles. The van der Waals surface area contributed by atoms with E-state index in [0.29, 0.717) is 23.6 Å². The SMILES string of the molecule is COc1ccc(Nc2ncnc3[nH]c4ccc(C(=O)NCCN5CCOCC5)cc4c23)cc1. The summed E-state index contributed by atoms with van der Waals surface area (Å²) < 4.78 is 10.6. The Morgan fingerprint density at radius 1 is 1.15 bits per heavy atom. The van der Waals surface area contributed by atoms with E-state index in [1.165, 1.54) is 6.33 Å². The van der Waals surface area contributed by atoms with Crippen LogP contribution in [-0.4, -0.2) is 72.3 Å². The quantitative estimate of drug-likeness (QED) is 0.401. The Morgan fingerprint density at radius 2 is 1.97 bits per heavy atom. The van der Waals surface area contributed by atoms with Gasteiger partial charge in [-0.25, -0.2) is 9.97 Å². The molecular formula is C24H26N6O3. The molecule has 0 atom stereocenters. The molecule has 2 aromatic heterocycles. The van der Waals surface area contributed by atoms with Crippen molar-refractivity contribution in [3.63, 3.8) is 0 Å². The molecule has 33 heavy (non-hydrogen) atoms. The molecule has 0 radical (unpaired) electrons. The summed E-state index contributed by atoms with van der Waals surface area (Å²) in [6.45, 7) is 4.72. The van der Waals surface area contributed by atoms with Crippen molar-refractivity contribution in [2.75, 3.05) is 51.8 Å². The molecule has 5 rings (SSSR count). The molecular weight excluding hydrogens is 420 g/mol. The van der Waals surface area contributed by atoms with Gasteiger partial charge in [0, 0.05) is 48.3 Å². The number of rotatable bonds is 7. The number of aromatic nitrogens is 3. The van der Waals surface area contributed by atoms with Crippen LogP contribution < -0.4 is 15.4 Å². The molecule has 0 bridgehead atoms. The number of fused-ring (bicyclic) bond motifs is 3. The number of nitrogens with zero attached hydrogens (tertiary/aromatic N) is 3. The highest BCUT2D eigenvalue weighted by atomic mass is 16.5. The summed E-state index contributed by atoms with van der Waals surface area (Å²) in [5, 5.41) is 8.11. The average molecular weight is 447 g/mol. The number of hydrogen-bond donors (Lipinski definition) is 3. The van der Waals surface area contributed by atoms with Crippen LogP contribution >= 0.6 is 0 Å². The van der Waals surface area contributed by atoms with Gasteiger partial charge >= 0.3 is 0 Å². The van der Waals surface area contributed by atoms with E-state index in [1.54, 1.807) is 7.11 Å². The molecule has 0 aliphatic carbocycles. The normalized spacial score (nSPS) is 14.5. The Balaban J connectivity index is 1.38. The zero-order chi connectivity index (χ0) is 22.6. The lowest BCUT2D eigenvalue weighted by atomic mass is 10.1. The second-order valence-electron chi connectivity index (χ2n) is 7.89. The van der Waals surface area contributed by atoms with Gasteiger partial charge in [-0.2, -0.15) is 0 Å². The van der Waals surface area contributed by atoms with E-state index < -0.39 is 0 Å². The molecule has 0 saturated carbocycles. The molecule has 1 amide bonds. The van der Waals surface area contributed by atoms with E-state index in [9.17, 15) is 4.79 Å². The lowest BCUT2D eigenvalue weighted by Crippen LogP contribution is -2.41. The molecule has 1 fully saturated rings. The molecule has 1 saturated heterocycles. The first-order valence-corrected chi connectivity index (χ1v) is 11.0. The fourth-order valence-corrected chi connectivity index (χ4v) is 4.02. The Bertz CT molecular complexity index is 1260. The van der Waals surface area contributed by atoms with E-state index in [4.69, 9.17) is 9.47 Å². The second-order valence-corrected chi connectivity index (χ2v) is 7.89. The smallest absolute Gasteiger partial charge is 0.251 e. The maximum Gasteiger partial charge on any atom is 0.251 e. The van der Waals surface area contributed by atoms with Crippen molar-refractivity contribution in [2.24, 2.45) is 0 Å². The Labute approximate surface area is 191 Å². The number of morpholine rings is 1. The van der Waals surface area contributed by atoms with E-state index >= 15 is 0 Å². The zero-order valence-corrected chi connectivity index (χ0v) is 18.4. The van der Waals surface area contributed by atoms with Gasteiger partial charge in [0.05, 0.1) is 25.7 Å². The number of methoxy groups -OCH3 is 1. The third kappa shape index (κ3) is 4.59. The fraction of sp³-hybridized carbons (Fsp3) is 0.292. The van der Waals surface area contributed by atoms with E-state index in [1.807, 2.05) is 42.5 Å². The van der Waals surface area contributed by atoms with Crippen LogP contribution in [0.5, 0.6) is 5.75 Å². The molecule has 1 aliphatic heterocycles. The van der Waals surface area contributed by atoms with Crippen molar-refractivity contribution in [3.05, 3.63) is 54.4 Å². The molecule has 9 heteroatoms. The second kappa shape index (κ2) is 9.43. The molecule has 1 aliphatic rings. The minimum absolute atomic E-state index is 0.0963. The van der Waals surface area contributed by atoms with Gasteiger partial charge in [0.25, 0.3) is 5.91 Å². The number of amides is 1. The number of anilines is 2. The summed E-state index contributed by atoms with van der Waals surface area (Å²) in [4.78, 5) is 27.2. The number of aromatic amines is 1. The number of carbonyl (C=O) groups is 1. The largest absolute Gasteiger partial charge is 0.497 e. The zero-order valence-electron chi connectivity index (χ0n) is 18.4. The number of nitrogens with one attached hydrogen (secondary N) is 3. The standard InChI is InChI=1S/C24H26N6O3/c1-32-18-5-3-17(4-6-18)28-22-21-19-14-16(2-7-20(19)29-23(21)27-15-26-22)24(31)25-8-9-30-10-12-33-13-11-30/h2-7,14-15H,8-13H2,1H3,(H,25,31)(H2,26,27,28,29). The summed E-state index contributed by atoms with van der Waals surface area (Å²) in [5.41, 5.74) is 3.08. The first-order valence-electron chi connectivity index (χ1n) is 11.0. The summed E-state index contributed by atoms with van der Waals surface area (Å²) >= 11 is 0. The topological polar surface area (TPSA) is 104 Å². The lowest BCUT2D eigenvalue weighted by molar-refractivity contribution is 0.0383. The maximum absolute atomic E-state index is 12.8. The van der Waals surface area contributed by atoms with Crippen LogP contribution in [0.15, 0.2) is 48.8 Å². The van der Waals surface area contributed by atoms with Crippen LogP contribution in [0, 0.1) is 0 Å². The maximum atomic E-state index is 12.8. The molecule has 4 aromatic rings. The predicted molar refractivity (Wildman–Crippen MR) is 127 cm³/mol. The van der Waals surface area contributed by atoms with Gasteiger partial charge in [0.1, 0.15) is 23.5 Å². The number of hydrogen-bond acceptors (Lipinski definition) is 7. The summed E-state index contributed by atoms with van der Waals surface area (Å²) in [5.74, 6) is 1.35.